The number of rotatable bonds is 5. The van der Waals surface area contributed by atoms with Crippen molar-refractivity contribution in [1.29, 1.82) is 0 Å². The molecule has 3 nitrogen and oxygen atoms in total. The van der Waals surface area contributed by atoms with Gasteiger partial charge in [0, 0.05) is 38.2 Å². The molecule has 9 aromatic rings. The average Bonchev–Trinajstić information content (AvgIpc) is 3.18. The highest BCUT2D eigenvalue weighted by Crippen LogP contribution is 2.39. The van der Waals surface area contributed by atoms with Crippen LogP contribution < -0.4 is 0 Å². The van der Waals surface area contributed by atoms with E-state index in [0.717, 1.165) is 66.8 Å². The first-order valence-corrected chi connectivity index (χ1v) is 16.2. The third-order valence-electron chi connectivity index (χ3n) is 9.10. The molecule has 0 aliphatic rings. The maximum atomic E-state index is 5.20. The van der Waals surface area contributed by atoms with E-state index in [2.05, 4.69) is 146 Å². The Morgan fingerprint density at radius 2 is 0.750 bits per heavy atom. The van der Waals surface area contributed by atoms with E-state index >= 15 is 0 Å². The van der Waals surface area contributed by atoms with Crippen LogP contribution in [-0.4, -0.2) is 15.0 Å². The molecule has 0 spiro atoms. The number of benzene rings is 7. The van der Waals surface area contributed by atoms with Crippen LogP contribution in [0.1, 0.15) is 0 Å². The summed E-state index contributed by atoms with van der Waals surface area (Å²) in [6.45, 7) is 0. The summed E-state index contributed by atoms with van der Waals surface area (Å²) in [5.74, 6) is 0.731. The van der Waals surface area contributed by atoms with Gasteiger partial charge in [0.05, 0.1) is 22.4 Å². The first-order valence-electron chi connectivity index (χ1n) is 16.2. The normalized spacial score (nSPS) is 11.3. The van der Waals surface area contributed by atoms with Crippen LogP contribution in [0.2, 0.25) is 0 Å². The standard InChI is InChI=1S/C45H29N3/c1-3-12-32(13-4-1)36-18-11-19-39-42(36)37-16-7-9-20-40(37)46-44(39)34-28-24-31(25-29-34)30-22-26-33(27-23-30)43-38-17-8-10-21-41(38)47-45(48-43)35-14-5-2-6-15-35/h1-29H. The van der Waals surface area contributed by atoms with Gasteiger partial charge in [0.2, 0.25) is 0 Å². The number of nitrogens with zero attached hydrogens (tertiary/aromatic N) is 3. The predicted octanol–water partition coefficient (Wildman–Crippen LogP) is 11.7. The molecule has 0 amide bonds. The molecular formula is C45H29N3. The smallest absolute Gasteiger partial charge is 0.160 e. The molecular weight excluding hydrogens is 583 g/mol. The largest absolute Gasteiger partial charge is 0.247 e. The molecule has 0 aliphatic carbocycles. The van der Waals surface area contributed by atoms with E-state index in [1.807, 2.05) is 30.3 Å². The fraction of sp³-hybridized carbons (Fsp3) is 0. The van der Waals surface area contributed by atoms with E-state index in [1.54, 1.807) is 0 Å². The first-order chi connectivity index (χ1) is 23.8. The van der Waals surface area contributed by atoms with E-state index in [-0.39, 0.29) is 0 Å². The number of hydrogen-bond acceptors (Lipinski definition) is 3. The lowest BCUT2D eigenvalue weighted by atomic mass is 9.92. The highest BCUT2D eigenvalue weighted by molar-refractivity contribution is 6.17. The van der Waals surface area contributed by atoms with Crippen molar-refractivity contribution in [2.75, 3.05) is 0 Å². The Kier molecular flexibility index (Phi) is 6.80. The van der Waals surface area contributed by atoms with E-state index in [9.17, 15) is 0 Å². The zero-order valence-electron chi connectivity index (χ0n) is 26.1. The third kappa shape index (κ3) is 4.90. The lowest BCUT2D eigenvalue weighted by molar-refractivity contribution is 1.23. The Labute approximate surface area is 278 Å². The van der Waals surface area contributed by atoms with E-state index < -0.39 is 0 Å². The van der Waals surface area contributed by atoms with Crippen molar-refractivity contribution in [1.82, 2.24) is 15.0 Å². The van der Waals surface area contributed by atoms with Crippen LogP contribution in [0.4, 0.5) is 0 Å². The van der Waals surface area contributed by atoms with Gasteiger partial charge in [-0.15, -0.1) is 0 Å². The molecule has 2 aromatic heterocycles. The lowest BCUT2D eigenvalue weighted by Gasteiger charge is -2.14. The second-order valence-electron chi connectivity index (χ2n) is 12.0. The molecule has 3 heteroatoms. The van der Waals surface area contributed by atoms with Gasteiger partial charge in [0.15, 0.2) is 5.82 Å². The molecule has 48 heavy (non-hydrogen) atoms. The van der Waals surface area contributed by atoms with Gasteiger partial charge in [-0.05, 0) is 34.4 Å². The Bertz CT molecular complexity index is 2580. The van der Waals surface area contributed by atoms with Gasteiger partial charge in [-0.3, -0.25) is 0 Å². The first kappa shape index (κ1) is 27.8. The van der Waals surface area contributed by atoms with Crippen LogP contribution in [0.5, 0.6) is 0 Å². The van der Waals surface area contributed by atoms with E-state index in [0.29, 0.717) is 0 Å². The molecule has 9 rings (SSSR count). The zero-order valence-corrected chi connectivity index (χ0v) is 26.1. The predicted molar refractivity (Wildman–Crippen MR) is 200 cm³/mol. The van der Waals surface area contributed by atoms with Crippen molar-refractivity contribution >= 4 is 32.6 Å². The second kappa shape index (κ2) is 11.7. The minimum Gasteiger partial charge on any atom is -0.247 e. The summed E-state index contributed by atoms with van der Waals surface area (Å²) < 4.78 is 0. The quantitative estimate of drug-likeness (QED) is 0.182. The molecule has 2 heterocycles. The highest BCUT2D eigenvalue weighted by atomic mass is 14.9. The van der Waals surface area contributed by atoms with Crippen LogP contribution in [0.25, 0.3) is 88.7 Å². The third-order valence-corrected chi connectivity index (χ3v) is 9.10. The monoisotopic (exact) mass is 611 g/mol. The van der Waals surface area contributed by atoms with Crippen LogP contribution >= 0.6 is 0 Å². The van der Waals surface area contributed by atoms with Gasteiger partial charge in [0.1, 0.15) is 0 Å². The number of hydrogen-bond donors (Lipinski definition) is 0. The molecule has 0 saturated carbocycles. The Morgan fingerprint density at radius 3 is 1.40 bits per heavy atom. The number of fused-ring (bicyclic) bond motifs is 4. The number of para-hydroxylation sites is 2. The molecule has 0 N–H and O–H groups in total. The summed E-state index contributed by atoms with van der Waals surface area (Å²) >= 11 is 0. The molecule has 7 aromatic carbocycles. The van der Waals surface area contributed by atoms with E-state index in [4.69, 9.17) is 15.0 Å². The summed E-state index contributed by atoms with van der Waals surface area (Å²) in [5.41, 5.74) is 11.7. The van der Waals surface area contributed by atoms with Crippen molar-refractivity contribution in [2.45, 2.75) is 0 Å². The van der Waals surface area contributed by atoms with Crippen LogP contribution in [0, 0.1) is 0 Å². The van der Waals surface area contributed by atoms with Gasteiger partial charge >= 0.3 is 0 Å². The van der Waals surface area contributed by atoms with Gasteiger partial charge in [0.25, 0.3) is 0 Å². The minimum atomic E-state index is 0.731. The van der Waals surface area contributed by atoms with Crippen molar-refractivity contribution in [2.24, 2.45) is 0 Å². The maximum absolute atomic E-state index is 5.20. The Morgan fingerprint density at radius 1 is 0.271 bits per heavy atom. The van der Waals surface area contributed by atoms with Gasteiger partial charge in [-0.1, -0.05) is 164 Å². The molecule has 0 bridgehead atoms. The van der Waals surface area contributed by atoms with E-state index in [1.165, 1.54) is 21.9 Å². The van der Waals surface area contributed by atoms with Gasteiger partial charge in [-0.25, -0.2) is 15.0 Å². The second-order valence-corrected chi connectivity index (χ2v) is 12.0. The summed E-state index contributed by atoms with van der Waals surface area (Å²) in [5, 5.41) is 4.59. The zero-order chi connectivity index (χ0) is 31.9. The maximum Gasteiger partial charge on any atom is 0.160 e. The van der Waals surface area contributed by atoms with Gasteiger partial charge < -0.3 is 0 Å². The Balaban J connectivity index is 1.10. The summed E-state index contributed by atoms with van der Waals surface area (Å²) in [4.78, 5) is 15.1. The van der Waals surface area contributed by atoms with Crippen molar-refractivity contribution in [3.8, 4) is 56.2 Å². The lowest BCUT2D eigenvalue weighted by Crippen LogP contribution is -1.95. The summed E-state index contributed by atoms with van der Waals surface area (Å²) in [6, 6.07) is 61.5. The fourth-order valence-electron chi connectivity index (χ4n) is 6.74. The molecule has 0 saturated heterocycles. The van der Waals surface area contributed by atoms with Crippen molar-refractivity contribution in [3.05, 3.63) is 176 Å². The number of pyridine rings is 1. The molecule has 0 atom stereocenters. The molecule has 224 valence electrons. The molecule has 0 radical (unpaired) electrons. The van der Waals surface area contributed by atoms with Gasteiger partial charge in [-0.2, -0.15) is 0 Å². The molecule has 0 aliphatic heterocycles. The topological polar surface area (TPSA) is 38.7 Å². The summed E-state index contributed by atoms with van der Waals surface area (Å²) in [7, 11) is 0. The van der Waals surface area contributed by atoms with Crippen molar-refractivity contribution < 1.29 is 0 Å². The Hall–Kier alpha value is -6.45. The fourth-order valence-corrected chi connectivity index (χ4v) is 6.74. The summed E-state index contributed by atoms with van der Waals surface area (Å²) in [6.07, 6.45) is 0. The van der Waals surface area contributed by atoms with Crippen LogP contribution in [-0.2, 0) is 0 Å². The minimum absolute atomic E-state index is 0.731. The average molecular weight is 612 g/mol. The molecule has 0 fully saturated rings. The number of aromatic nitrogens is 3. The highest BCUT2D eigenvalue weighted by Gasteiger charge is 2.15. The van der Waals surface area contributed by atoms with Crippen molar-refractivity contribution in [3.63, 3.8) is 0 Å². The molecule has 0 unspecified atom stereocenters. The SMILES string of the molecule is c1ccc(-c2nc(-c3ccc(-c4ccc(-c5nc6ccccc6c6c(-c7ccccc7)cccc56)cc4)cc3)c3ccccc3n2)cc1. The van der Waals surface area contributed by atoms with Crippen LogP contribution in [0.3, 0.4) is 0 Å². The van der Waals surface area contributed by atoms with Crippen LogP contribution in [0.15, 0.2) is 176 Å².